The number of alkyl halides is 3. The summed E-state index contributed by atoms with van der Waals surface area (Å²) in [6.45, 7) is 3.14. The number of aliphatic hydroxyl groups is 1. The second-order valence-corrected chi connectivity index (χ2v) is 7.12. The van der Waals surface area contributed by atoms with Crippen LogP contribution in [-0.2, 0) is 16.1 Å². The Labute approximate surface area is 161 Å². The molecule has 0 radical (unpaired) electrons. The molecule has 6 nitrogen and oxygen atoms in total. The molecule has 0 aliphatic carbocycles. The molecule has 2 N–H and O–H groups in total. The molecule has 3 atom stereocenters. The van der Waals surface area contributed by atoms with Crippen molar-refractivity contribution in [3.63, 3.8) is 0 Å². The number of nitrogens with zero attached hydrogens (tertiary/aromatic N) is 1. The molecule has 1 heterocycles. The topological polar surface area (TPSA) is 78.9 Å². The number of rotatable bonds is 6. The molecule has 9 heteroatoms. The molecule has 28 heavy (non-hydrogen) atoms. The van der Waals surface area contributed by atoms with E-state index in [2.05, 4.69) is 5.32 Å². The number of halogens is 3. The number of nitrogens with one attached hydrogen (secondary N) is 1. The number of benzene rings is 1. The SMILES string of the molecule is CC(C)C(C(O)C(F)(F)F)N(C(=O)OCc1ccccc1)C(=O)[C@@H]1CCCN1. The molecule has 1 aromatic carbocycles. The van der Waals surface area contributed by atoms with Crippen LogP contribution in [0.5, 0.6) is 0 Å². The van der Waals surface area contributed by atoms with Gasteiger partial charge in [-0.2, -0.15) is 13.2 Å². The Kier molecular flexibility index (Phi) is 7.42. The van der Waals surface area contributed by atoms with Gasteiger partial charge in [0.15, 0.2) is 6.10 Å². The van der Waals surface area contributed by atoms with Crippen LogP contribution in [-0.4, -0.2) is 52.9 Å². The van der Waals surface area contributed by atoms with Crippen LogP contribution in [0.3, 0.4) is 0 Å². The highest BCUT2D eigenvalue weighted by atomic mass is 19.4. The molecule has 1 aliphatic heterocycles. The number of amides is 2. The summed E-state index contributed by atoms with van der Waals surface area (Å²) in [6, 6.07) is 5.99. The zero-order chi connectivity index (χ0) is 20.9. The minimum atomic E-state index is -4.99. The zero-order valence-electron chi connectivity index (χ0n) is 15.8. The molecule has 2 rings (SSSR count). The summed E-state index contributed by atoms with van der Waals surface area (Å²) in [6.07, 6.45) is -8.01. The molecule has 0 bridgehead atoms. The van der Waals surface area contributed by atoms with Crippen molar-refractivity contribution in [1.82, 2.24) is 10.2 Å². The van der Waals surface area contributed by atoms with Crippen LogP contribution in [0.25, 0.3) is 0 Å². The third-order valence-corrected chi connectivity index (χ3v) is 4.64. The van der Waals surface area contributed by atoms with Gasteiger partial charge in [-0.25, -0.2) is 9.69 Å². The number of hydrogen-bond donors (Lipinski definition) is 2. The van der Waals surface area contributed by atoms with E-state index in [1.54, 1.807) is 30.3 Å². The quantitative estimate of drug-likeness (QED) is 0.765. The average molecular weight is 402 g/mol. The summed E-state index contributed by atoms with van der Waals surface area (Å²) in [7, 11) is 0. The van der Waals surface area contributed by atoms with Crippen molar-refractivity contribution in [3.05, 3.63) is 35.9 Å². The highest BCUT2D eigenvalue weighted by molar-refractivity contribution is 5.95. The molecule has 1 fully saturated rings. The lowest BCUT2D eigenvalue weighted by molar-refractivity contribution is -0.224. The lowest BCUT2D eigenvalue weighted by Crippen LogP contribution is -2.60. The number of ether oxygens (including phenoxy) is 1. The van der Waals surface area contributed by atoms with Crippen molar-refractivity contribution in [2.24, 2.45) is 5.92 Å². The number of imide groups is 1. The Bertz CT molecular complexity index is 661. The summed E-state index contributed by atoms with van der Waals surface area (Å²) >= 11 is 0. The fraction of sp³-hybridized carbons (Fsp3) is 0.579. The lowest BCUT2D eigenvalue weighted by Gasteiger charge is -2.37. The van der Waals surface area contributed by atoms with E-state index in [4.69, 9.17) is 4.74 Å². The van der Waals surface area contributed by atoms with Gasteiger partial charge in [-0.1, -0.05) is 44.2 Å². The molecule has 0 aromatic heterocycles. The largest absolute Gasteiger partial charge is 0.444 e. The number of aliphatic hydroxyl groups excluding tert-OH is 1. The number of carbonyl (C=O) groups is 2. The number of hydrogen-bond acceptors (Lipinski definition) is 5. The Hall–Kier alpha value is -2.13. The van der Waals surface area contributed by atoms with Crippen LogP contribution >= 0.6 is 0 Å². The molecule has 2 unspecified atom stereocenters. The molecule has 2 amide bonds. The van der Waals surface area contributed by atoms with Crippen LogP contribution < -0.4 is 5.32 Å². The first-order valence-corrected chi connectivity index (χ1v) is 9.15. The van der Waals surface area contributed by atoms with Crippen LogP contribution in [0.15, 0.2) is 30.3 Å². The minimum Gasteiger partial charge on any atom is -0.444 e. The van der Waals surface area contributed by atoms with E-state index in [1.165, 1.54) is 13.8 Å². The predicted molar refractivity (Wildman–Crippen MR) is 95.2 cm³/mol. The highest BCUT2D eigenvalue weighted by Crippen LogP contribution is 2.30. The zero-order valence-corrected chi connectivity index (χ0v) is 15.8. The Morgan fingerprint density at radius 2 is 1.93 bits per heavy atom. The first kappa shape index (κ1) is 22.2. The minimum absolute atomic E-state index is 0.200. The van der Waals surface area contributed by atoms with E-state index in [-0.39, 0.29) is 6.61 Å². The van der Waals surface area contributed by atoms with Crippen molar-refractivity contribution in [3.8, 4) is 0 Å². The smallest absolute Gasteiger partial charge is 0.417 e. The predicted octanol–water partition coefficient (Wildman–Crippen LogP) is 2.85. The monoisotopic (exact) mass is 402 g/mol. The van der Waals surface area contributed by atoms with E-state index < -0.39 is 42.3 Å². The molecule has 156 valence electrons. The van der Waals surface area contributed by atoms with Gasteiger partial charge in [-0.3, -0.25) is 4.79 Å². The maximum Gasteiger partial charge on any atom is 0.417 e. The van der Waals surface area contributed by atoms with Gasteiger partial charge in [0.1, 0.15) is 6.61 Å². The normalized spacial score (nSPS) is 19.3. The van der Waals surface area contributed by atoms with E-state index in [0.29, 0.717) is 29.8 Å². The highest BCUT2D eigenvalue weighted by Gasteiger charge is 2.51. The van der Waals surface area contributed by atoms with Crippen molar-refractivity contribution < 1.29 is 32.6 Å². The summed E-state index contributed by atoms with van der Waals surface area (Å²) in [5, 5.41) is 12.7. The van der Waals surface area contributed by atoms with Crippen LogP contribution in [0, 0.1) is 5.92 Å². The summed E-state index contributed by atoms with van der Waals surface area (Å²) in [4.78, 5) is 26.0. The van der Waals surface area contributed by atoms with Gasteiger partial charge in [-0.15, -0.1) is 0 Å². The van der Waals surface area contributed by atoms with Crippen molar-refractivity contribution in [1.29, 1.82) is 0 Å². The third kappa shape index (κ3) is 5.45. The summed E-state index contributed by atoms with van der Waals surface area (Å²) in [5.41, 5.74) is 0.625. The van der Waals surface area contributed by atoms with Gasteiger partial charge >= 0.3 is 12.3 Å². The third-order valence-electron chi connectivity index (χ3n) is 4.64. The van der Waals surface area contributed by atoms with Crippen molar-refractivity contribution >= 4 is 12.0 Å². The summed E-state index contributed by atoms with van der Waals surface area (Å²) < 4.78 is 44.8. The maximum absolute atomic E-state index is 13.2. The molecular formula is C19H25F3N2O4. The van der Waals surface area contributed by atoms with Crippen LogP contribution in [0.1, 0.15) is 32.3 Å². The fourth-order valence-corrected chi connectivity index (χ4v) is 3.21. The summed E-state index contributed by atoms with van der Waals surface area (Å²) in [5.74, 6) is -1.66. The number of carbonyl (C=O) groups excluding carboxylic acids is 2. The fourth-order valence-electron chi connectivity index (χ4n) is 3.21. The first-order chi connectivity index (χ1) is 13.1. The van der Waals surface area contributed by atoms with Crippen molar-refractivity contribution in [2.45, 2.75) is 57.7 Å². The first-order valence-electron chi connectivity index (χ1n) is 9.15. The molecule has 0 saturated carbocycles. The van der Waals surface area contributed by atoms with Crippen LogP contribution in [0.2, 0.25) is 0 Å². The van der Waals surface area contributed by atoms with Gasteiger partial charge in [0, 0.05) is 0 Å². The van der Waals surface area contributed by atoms with Gasteiger partial charge in [0.05, 0.1) is 12.1 Å². The molecule has 0 spiro atoms. The molecular weight excluding hydrogens is 377 g/mol. The second kappa shape index (κ2) is 9.38. The Morgan fingerprint density at radius 3 is 2.43 bits per heavy atom. The average Bonchev–Trinajstić information content (AvgIpc) is 3.17. The molecule has 1 saturated heterocycles. The van der Waals surface area contributed by atoms with Gasteiger partial charge < -0.3 is 15.2 Å². The van der Waals surface area contributed by atoms with Gasteiger partial charge in [0.2, 0.25) is 5.91 Å². The van der Waals surface area contributed by atoms with Gasteiger partial charge in [0.25, 0.3) is 0 Å². The lowest BCUT2D eigenvalue weighted by atomic mass is 9.95. The van der Waals surface area contributed by atoms with Crippen molar-refractivity contribution in [2.75, 3.05) is 6.54 Å². The van der Waals surface area contributed by atoms with Gasteiger partial charge in [-0.05, 0) is 30.9 Å². The van der Waals surface area contributed by atoms with Crippen LogP contribution in [0.4, 0.5) is 18.0 Å². The Morgan fingerprint density at radius 1 is 1.29 bits per heavy atom. The second-order valence-electron chi connectivity index (χ2n) is 7.12. The molecule has 1 aromatic rings. The van der Waals surface area contributed by atoms with E-state index >= 15 is 0 Å². The van der Waals surface area contributed by atoms with E-state index in [1.807, 2.05) is 0 Å². The molecule has 1 aliphatic rings. The maximum atomic E-state index is 13.2. The standard InChI is InChI=1S/C19H25F3N2O4/c1-12(2)15(16(25)19(20,21)22)24(17(26)14-9-6-10-23-14)18(27)28-11-13-7-4-3-5-8-13/h3-5,7-8,12,14-16,23,25H,6,9-11H2,1-2H3/t14-,15?,16?/m0/s1. The Balaban J connectivity index is 2.28. The van der Waals surface area contributed by atoms with E-state index in [9.17, 15) is 27.9 Å². The van der Waals surface area contributed by atoms with E-state index in [0.717, 1.165) is 0 Å².